The fraction of sp³-hybridized carbons (Fsp3) is 1.00. The lowest BCUT2D eigenvalue weighted by Crippen LogP contribution is -2.63. The van der Waals surface area contributed by atoms with Crippen LogP contribution in [0.25, 0.3) is 0 Å². The summed E-state index contributed by atoms with van der Waals surface area (Å²) >= 11 is 0. The van der Waals surface area contributed by atoms with Gasteiger partial charge in [0.2, 0.25) is 0 Å². The monoisotopic (exact) mass is 238 g/mol. The van der Waals surface area contributed by atoms with Gasteiger partial charge in [-0.15, -0.1) is 0 Å². The molecule has 100 valence electrons. The second-order valence-electron chi connectivity index (χ2n) is 6.74. The lowest BCUT2D eigenvalue weighted by atomic mass is 9.93. The molecule has 2 rings (SSSR count). The number of nitrogens with zero attached hydrogens (tertiary/aromatic N) is 1. The van der Waals surface area contributed by atoms with Crippen LogP contribution in [0.2, 0.25) is 0 Å². The molecule has 0 amide bonds. The summed E-state index contributed by atoms with van der Waals surface area (Å²) in [6.07, 6.45) is 7.03. The summed E-state index contributed by atoms with van der Waals surface area (Å²) in [5.41, 5.74) is 0.294. The van der Waals surface area contributed by atoms with Gasteiger partial charge in [-0.25, -0.2) is 0 Å². The van der Waals surface area contributed by atoms with Crippen molar-refractivity contribution in [2.45, 2.75) is 77.4 Å². The Kier molecular flexibility index (Phi) is 4.14. The number of hydrogen-bond acceptors (Lipinski definition) is 2. The largest absolute Gasteiger partial charge is 0.309 e. The van der Waals surface area contributed by atoms with Gasteiger partial charge in [0.15, 0.2) is 0 Å². The zero-order valence-electron chi connectivity index (χ0n) is 12.1. The molecule has 2 fully saturated rings. The maximum Gasteiger partial charge on any atom is 0.0253 e. The van der Waals surface area contributed by atoms with Crippen molar-refractivity contribution in [1.82, 2.24) is 10.2 Å². The van der Waals surface area contributed by atoms with Gasteiger partial charge >= 0.3 is 0 Å². The summed E-state index contributed by atoms with van der Waals surface area (Å²) in [6, 6.07) is 1.58. The standard InChI is InChI=1S/C15H30N2/c1-5-13(9-12-7-8-12)17-11-15(3,4)16-10-14(17)6-2/h12-14,16H,5-11H2,1-4H3. The molecule has 1 N–H and O–H groups in total. The summed E-state index contributed by atoms with van der Waals surface area (Å²) in [5, 5.41) is 3.70. The molecule has 0 aromatic heterocycles. The summed E-state index contributed by atoms with van der Waals surface area (Å²) < 4.78 is 0. The molecule has 1 saturated carbocycles. The van der Waals surface area contributed by atoms with Gasteiger partial charge in [0.1, 0.15) is 0 Å². The molecule has 2 nitrogen and oxygen atoms in total. The third-order valence-corrected chi connectivity index (χ3v) is 4.58. The van der Waals surface area contributed by atoms with Crippen molar-refractivity contribution in [1.29, 1.82) is 0 Å². The van der Waals surface area contributed by atoms with E-state index in [1.165, 1.54) is 45.2 Å². The molecule has 1 aliphatic heterocycles. The van der Waals surface area contributed by atoms with Crippen molar-refractivity contribution in [3.8, 4) is 0 Å². The molecule has 1 heterocycles. The quantitative estimate of drug-likeness (QED) is 0.792. The topological polar surface area (TPSA) is 15.3 Å². The van der Waals surface area contributed by atoms with Crippen LogP contribution < -0.4 is 5.32 Å². The molecule has 2 heteroatoms. The van der Waals surface area contributed by atoms with E-state index in [0.29, 0.717) is 5.54 Å². The highest BCUT2D eigenvalue weighted by atomic mass is 15.3. The van der Waals surface area contributed by atoms with Gasteiger partial charge in [-0.3, -0.25) is 4.90 Å². The van der Waals surface area contributed by atoms with E-state index in [-0.39, 0.29) is 0 Å². The van der Waals surface area contributed by atoms with Gasteiger partial charge < -0.3 is 5.32 Å². The van der Waals surface area contributed by atoms with Crippen LogP contribution in [0.5, 0.6) is 0 Å². The highest BCUT2D eigenvalue weighted by Gasteiger charge is 2.36. The van der Waals surface area contributed by atoms with Gasteiger partial charge in [0.25, 0.3) is 0 Å². The predicted octanol–water partition coefficient (Wildman–Crippen LogP) is 3.03. The van der Waals surface area contributed by atoms with E-state index in [1.807, 2.05) is 0 Å². The minimum atomic E-state index is 0.294. The molecule has 0 spiro atoms. The second-order valence-corrected chi connectivity index (χ2v) is 6.74. The lowest BCUT2D eigenvalue weighted by Gasteiger charge is -2.48. The zero-order chi connectivity index (χ0) is 12.5. The second kappa shape index (κ2) is 5.27. The highest BCUT2D eigenvalue weighted by Crippen LogP contribution is 2.36. The highest BCUT2D eigenvalue weighted by molar-refractivity contribution is 4.95. The molecule has 0 aromatic rings. The predicted molar refractivity (Wildman–Crippen MR) is 74.3 cm³/mol. The number of nitrogens with one attached hydrogen (secondary N) is 1. The van der Waals surface area contributed by atoms with E-state index in [1.54, 1.807) is 0 Å². The average Bonchev–Trinajstić information content (AvgIpc) is 3.08. The van der Waals surface area contributed by atoms with Crippen LogP contribution in [0.3, 0.4) is 0 Å². The third kappa shape index (κ3) is 3.45. The molecule has 1 saturated heterocycles. The molecule has 17 heavy (non-hydrogen) atoms. The smallest absolute Gasteiger partial charge is 0.0253 e. The van der Waals surface area contributed by atoms with Gasteiger partial charge in [0.05, 0.1) is 0 Å². The number of hydrogen-bond donors (Lipinski definition) is 1. The minimum absolute atomic E-state index is 0.294. The third-order valence-electron chi connectivity index (χ3n) is 4.58. The van der Waals surface area contributed by atoms with Crippen molar-refractivity contribution in [3.63, 3.8) is 0 Å². The van der Waals surface area contributed by atoms with Crippen LogP contribution in [0.4, 0.5) is 0 Å². The first-order valence-electron chi connectivity index (χ1n) is 7.56. The van der Waals surface area contributed by atoms with Crippen LogP contribution >= 0.6 is 0 Å². The van der Waals surface area contributed by atoms with E-state index >= 15 is 0 Å². The molecule has 2 atom stereocenters. The normalized spacial score (nSPS) is 31.4. The van der Waals surface area contributed by atoms with Crippen LogP contribution in [0, 0.1) is 5.92 Å². The van der Waals surface area contributed by atoms with E-state index in [4.69, 9.17) is 0 Å². The lowest BCUT2D eigenvalue weighted by molar-refractivity contribution is 0.0442. The van der Waals surface area contributed by atoms with E-state index < -0.39 is 0 Å². The Morgan fingerprint density at radius 2 is 2.00 bits per heavy atom. The van der Waals surface area contributed by atoms with Gasteiger partial charge in [-0.1, -0.05) is 26.7 Å². The minimum Gasteiger partial charge on any atom is -0.309 e. The number of rotatable bonds is 5. The van der Waals surface area contributed by atoms with Crippen LogP contribution in [-0.4, -0.2) is 35.6 Å². The Morgan fingerprint density at radius 3 is 2.53 bits per heavy atom. The molecule has 2 unspecified atom stereocenters. The maximum absolute atomic E-state index is 3.70. The molecule has 0 radical (unpaired) electrons. The summed E-state index contributed by atoms with van der Waals surface area (Å²) in [7, 11) is 0. The van der Waals surface area contributed by atoms with Gasteiger partial charge in [-0.05, 0) is 39.0 Å². The van der Waals surface area contributed by atoms with Crippen molar-refractivity contribution >= 4 is 0 Å². The Balaban J connectivity index is 2.00. The summed E-state index contributed by atoms with van der Waals surface area (Å²) in [4.78, 5) is 2.81. The average molecular weight is 238 g/mol. The van der Waals surface area contributed by atoms with Crippen LogP contribution in [-0.2, 0) is 0 Å². The van der Waals surface area contributed by atoms with Gasteiger partial charge in [-0.2, -0.15) is 0 Å². The van der Waals surface area contributed by atoms with Crippen LogP contribution in [0.15, 0.2) is 0 Å². The van der Waals surface area contributed by atoms with E-state index in [2.05, 4.69) is 37.9 Å². The maximum atomic E-state index is 3.70. The Labute approximate surface area is 107 Å². The first-order chi connectivity index (χ1) is 8.05. The van der Waals surface area contributed by atoms with E-state index in [0.717, 1.165) is 18.0 Å². The summed E-state index contributed by atoms with van der Waals surface area (Å²) in [5.74, 6) is 1.05. The molecular formula is C15H30N2. The van der Waals surface area contributed by atoms with Crippen molar-refractivity contribution in [2.24, 2.45) is 5.92 Å². The Bertz CT molecular complexity index is 245. The fourth-order valence-corrected chi connectivity index (χ4v) is 3.23. The Morgan fingerprint density at radius 1 is 1.29 bits per heavy atom. The molecule has 2 aliphatic rings. The molecular weight excluding hydrogens is 208 g/mol. The first kappa shape index (κ1) is 13.4. The van der Waals surface area contributed by atoms with Gasteiger partial charge in [0, 0.05) is 30.7 Å². The molecule has 0 aromatic carbocycles. The Hall–Kier alpha value is -0.0800. The fourth-order valence-electron chi connectivity index (χ4n) is 3.23. The summed E-state index contributed by atoms with van der Waals surface area (Å²) in [6.45, 7) is 11.8. The first-order valence-corrected chi connectivity index (χ1v) is 7.56. The zero-order valence-corrected chi connectivity index (χ0v) is 12.1. The van der Waals surface area contributed by atoms with Crippen molar-refractivity contribution in [3.05, 3.63) is 0 Å². The van der Waals surface area contributed by atoms with Crippen molar-refractivity contribution in [2.75, 3.05) is 13.1 Å². The van der Waals surface area contributed by atoms with E-state index in [9.17, 15) is 0 Å². The molecule has 0 bridgehead atoms. The van der Waals surface area contributed by atoms with Crippen molar-refractivity contribution < 1.29 is 0 Å². The molecule has 1 aliphatic carbocycles. The SMILES string of the molecule is CCC1CNC(C)(C)CN1C(CC)CC1CC1. The van der Waals surface area contributed by atoms with Crippen LogP contribution in [0.1, 0.15) is 59.8 Å². The number of piperazine rings is 1.